The summed E-state index contributed by atoms with van der Waals surface area (Å²) in [5.41, 5.74) is 0.760. The molecule has 0 fully saturated rings. The van der Waals surface area contributed by atoms with Gasteiger partial charge in [-0.05, 0) is 25.5 Å². The third-order valence-corrected chi connectivity index (χ3v) is 3.82. The molecule has 1 amide bonds. The molecular formula is C15H18N2O2S. The second kappa shape index (κ2) is 7.05. The van der Waals surface area contributed by atoms with Crippen molar-refractivity contribution in [3.8, 4) is 5.75 Å². The fourth-order valence-corrected chi connectivity index (χ4v) is 2.60. The van der Waals surface area contributed by atoms with Gasteiger partial charge in [-0.1, -0.05) is 25.1 Å². The summed E-state index contributed by atoms with van der Waals surface area (Å²) in [7, 11) is 0. The lowest BCUT2D eigenvalue weighted by Gasteiger charge is -2.02. The molecule has 1 heterocycles. The van der Waals surface area contributed by atoms with Crippen molar-refractivity contribution in [2.45, 2.75) is 26.9 Å². The zero-order valence-corrected chi connectivity index (χ0v) is 12.5. The Kier molecular flexibility index (Phi) is 5.12. The van der Waals surface area contributed by atoms with E-state index in [1.807, 2.05) is 44.2 Å². The van der Waals surface area contributed by atoms with Gasteiger partial charge in [-0.2, -0.15) is 0 Å². The maximum atomic E-state index is 11.9. The number of aryl methyl sites for hydroxylation is 1. The first kappa shape index (κ1) is 14.5. The highest BCUT2D eigenvalue weighted by Crippen LogP contribution is 2.20. The van der Waals surface area contributed by atoms with Crippen molar-refractivity contribution >= 4 is 17.2 Å². The summed E-state index contributed by atoms with van der Waals surface area (Å²) in [6.45, 7) is 4.95. The lowest BCUT2D eigenvalue weighted by atomic mass is 10.3. The monoisotopic (exact) mass is 290 g/mol. The first-order chi connectivity index (χ1) is 9.70. The van der Waals surface area contributed by atoms with Crippen molar-refractivity contribution in [1.82, 2.24) is 10.3 Å². The number of hydrogen-bond acceptors (Lipinski definition) is 4. The molecule has 0 spiro atoms. The van der Waals surface area contributed by atoms with E-state index in [-0.39, 0.29) is 5.91 Å². The molecule has 5 heteroatoms. The van der Waals surface area contributed by atoms with Crippen molar-refractivity contribution in [3.05, 3.63) is 45.9 Å². The lowest BCUT2D eigenvalue weighted by molar-refractivity contribution is 0.0957. The summed E-state index contributed by atoms with van der Waals surface area (Å²) in [6, 6.07) is 9.58. The molecule has 0 aliphatic rings. The molecule has 4 nitrogen and oxygen atoms in total. The Balaban J connectivity index is 1.98. The molecule has 0 saturated heterocycles. The van der Waals surface area contributed by atoms with Crippen molar-refractivity contribution in [2.24, 2.45) is 0 Å². The summed E-state index contributed by atoms with van der Waals surface area (Å²) in [5, 5.41) is 3.68. The van der Waals surface area contributed by atoms with Crippen LogP contribution in [0.1, 0.15) is 33.7 Å². The molecule has 1 aromatic carbocycles. The van der Waals surface area contributed by atoms with Crippen LogP contribution in [0.2, 0.25) is 0 Å². The first-order valence-corrected chi connectivity index (χ1v) is 7.44. The van der Waals surface area contributed by atoms with Crippen LogP contribution < -0.4 is 10.1 Å². The highest BCUT2D eigenvalue weighted by Gasteiger charge is 2.14. The lowest BCUT2D eigenvalue weighted by Crippen LogP contribution is -2.23. The maximum absolute atomic E-state index is 11.9. The van der Waals surface area contributed by atoms with Gasteiger partial charge in [0.05, 0.1) is 5.69 Å². The van der Waals surface area contributed by atoms with Crippen LogP contribution >= 0.6 is 11.3 Å². The molecule has 0 aliphatic carbocycles. The minimum Gasteiger partial charge on any atom is -0.486 e. The Morgan fingerprint density at radius 3 is 2.80 bits per heavy atom. The molecule has 1 aromatic heterocycles. The molecule has 0 radical (unpaired) electrons. The Bertz CT molecular complexity index is 567. The van der Waals surface area contributed by atoms with Crippen LogP contribution in [-0.4, -0.2) is 17.4 Å². The third-order valence-electron chi connectivity index (χ3n) is 2.69. The minimum absolute atomic E-state index is 0.0483. The van der Waals surface area contributed by atoms with Gasteiger partial charge < -0.3 is 10.1 Å². The van der Waals surface area contributed by atoms with E-state index in [9.17, 15) is 4.79 Å². The highest BCUT2D eigenvalue weighted by molar-refractivity contribution is 7.13. The fourth-order valence-electron chi connectivity index (χ4n) is 1.71. The second-order valence-corrected chi connectivity index (χ2v) is 5.46. The number of thiazole rings is 1. The van der Waals surface area contributed by atoms with Crippen molar-refractivity contribution in [2.75, 3.05) is 6.54 Å². The van der Waals surface area contributed by atoms with Crippen molar-refractivity contribution in [1.29, 1.82) is 0 Å². The molecule has 2 rings (SSSR count). The van der Waals surface area contributed by atoms with Gasteiger partial charge in [0.25, 0.3) is 5.91 Å². The number of ether oxygens (including phenoxy) is 1. The Labute approximate surface area is 122 Å². The summed E-state index contributed by atoms with van der Waals surface area (Å²) in [6.07, 6.45) is 0.924. The van der Waals surface area contributed by atoms with E-state index in [1.54, 1.807) is 0 Å². The number of carbonyl (C=O) groups is 1. The Morgan fingerprint density at radius 1 is 1.35 bits per heavy atom. The quantitative estimate of drug-likeness (QED) is 0.889. The van der Waals surface area contributed by atoms with Gasteiger partial charge >= 0.3 is 0 Å². The molecule has 1 N–H and O–H groups in total. The van der Waals surface area contributed by atoms with E-state index in [1.165, 1.54) is 11.3 Å². The normalized spacial score (nSPS) is 10.3. The molecule has 20 heavy (non-hydrogen) atoms. The van der Waals surface area contributed by atoms with E-state index in [2.05, 4.69) is 10.3 Å². The predicted octanol–water partition coefficient (Wildman–Crippen LogP) is 3.17. The Morgan fingerprint density at radius 2 is 2.10 bits per heavy atom. The molecule has 2 aromatic rings. The van der Waals surface area contributed by atoms with Gasteiger partial charge in [-0.3, -0.25) is 4.79 Å². The van der Waals surface area contributed by atoms with Crippen LogP contribution in [0.15, 0.2) is 30.3 Å². The molecule has 106 valence electrons. The van der Waals surface area contributed by atoms with Gasteiger partial charge in [-0.25, -0.2) is 4.98 Å². The van der Waals surface area contributed by atoms with Crippen molar-refractivity contribution < 1.29 is 9.53 Å². The number of amides is 1. The van der Waals surface area contributed by atoms with E-state index in [0.29, 0.717) is 18.0 Å². The fraction of sp³-hybridized carbons (Fsp3) is 0.333. The smallest absolute Gasteiger partial charge is 0.263 e. The predicted molar refractivity (Wildman–Crippen MR) is 80.2 cm³/mol. The number of carbonyl (C=O) groups excluding carboxylic acids is 1. The van der Waals surface area contributed by atoms with Crippen LogP contribution in [0.25, 0.3) is 0 Å². The standard InChI is InChI=1S/C15H18N2O2S/c1-3-9-16-15(18)14-11(2)17-13(20-14)10-19-12-7-5-4-6-8-12/h4-8H,3,9-10H2,1-2H3,(H,16,18). The number of benzene rings is 1. The van der Waals surface area contributed by atoms with Crippen LogP contribution in [0.4, 0.5) is 0 Å². The third kappa shape index (κ3) is 3.81. The van der Waals surface area contributed by atoms with Crippen LogP contribution in [0, 0.1) is 6.92 Å². The number of aromatic nitrogens is 1. The topological polar surface area (TPSA) is 51.2 Å². The Hall–Kier alpha value is -1.88. The van der Waals surface area contributed by atoms with Gasteiger partial charge in [0.15, 0.2) is 0 Å². The van der Waals surface area contributed by atoms with Gasteiger partial charge in [0.1, 0.15) is 22.2 Å². The van der Waals surface area contributed by atoms with Crippen molar-refractivity contribution in [3.63, 3.8) is 0 Å². The van der Waals surface area contributed by atoms with E-state index >= 15 is 0 Å². The average Bonchev–Trinajstić information content (AvgIpc) is 2.85. The first-order valence-electron chi connectivity index (χ1n) is 6.63. The van der Waals surface area contributed by atoms with E-state index in [0.717, 1.165) is 22.9 Å². The van der Waals surface area contributed by atoms with Gasteiger partial charge in [-0.15, -0.1) is 11.3 Å². The second-order valence-electron chi connectivity index (χ2n) is 4.38. The van der Waals surface area contributed by atoms with Gasteiger partial charge in [0, 0.05) is 6.54 Å². The maximum Gasteiger partial charge on any atom is 0.263 e. The molecular weight excluding hydrogens is 272 g/mol. The summed E-state index contributed by atoms with van der Waals surface area (Å²) < 4.78 is 5.64. The number of rotatable bonds is 6. The molecule has 0 atom stereocenters. The SMILES string of the molecule is CCCNC(=O)c1sc(COc2ccccc2)nc1C. The zero-order valence-electron chi connectivity index (χ0n) is 11.7. The van der Waals surface area contributed by atoms with Gasteiger partial charge in [0.2, 0.25) is 0 Å². The average molecular weight is 290 g/mol. The summed E-state index contributed by atoms with van der Waals surface area (Å²) in [4.78, 5) is 17.0. The molecule has 0 bridgehead atoms. The van der Waals surface area contributed by atoms with Crippen LogP contribution in [0.3, 0.4) is 0 Å². The van der Waals surface area contributed by atoms with Crippen LogP contribution in [0.5, 0.6) is 5.75 Å². The zero-order chi connectivity index (χ0) is 14.4. The van der Waals surface area contributed by atoms with Crippen LogP contribution in [-0.2, 0) is 6.61 Å². The van der Waals surface area contributed by atoms with E-state index < -0.39 is 0 Å². The number of nitrogens with one attached hydrogen (secondary N) is 1. The summed E-state index contributed by atoms with van der Waals surface area (Å²) in [5.74, 6) is 0.755. The summed E-state index contributed by atoms with van der Waals surface area (Å²) >= 11 is 1.39. The number of nitrogens with zero attached hydrogens (tertiary/aromatic N) is 1. The molecule has 0 aliphatic heterocycles. The number of para-hydroxylation sites is 1. The highest BCUT2D eigenvalue weighted by atomic mass is 32.1. The van der Waals surface area contributed by atoms with E-state index in [4.69, 9.17) is 4.74 Å². The minimum atomic E-state index is -0.0483. The molecule has 0 unspecified atom stereocenters. The number of hydrogen-bond donors (Lipinski definition) is 1. The molecule has 0 saturated carbocycles. The largest absolute Gasteiger partial charge is 0.486 e.